The van der Waals surface area contributed by atoms with E-state index in [2.05, 4.69) is 58.2 Å². The van der Waals surface area contributed by atoms with Crippen molar-refractivity contribution in [2.45, 2.75) is 124 Å². The number of nitriles is 1. The number of aryl methyl sites for hydroxylation is 2. The SMILES string of the molecule is C=C(CC(C)(C)C)N1C2C(C)C2C[C@H]1CCc1nccc(C2=C(CCC)C([C@H]3CCCc4sc(N)c(C#N)c43)=NC2)n1.CC. The fourth-order valence-electron chi connectivity index (χ4n) is 8.08. The van der Waals surface area contributed by atoms with Gasteiger partial charge in [0.2, 0.25) is 0 Å². The lowest BCUT2D eigenvalue weighted by atomic mass is 9.79. The Morgan fingerprint density at radius 2 is 2.02 bits per heavy atom. The summed E-state index contributed by atoms with van der Waals surface area (Å²) in [5.74, 6) is 2.68. The minimum Gasteiger partial charge on any atom is -0.389 e. The maximum Gasteiger partial charge on any atom is 0.129 e. The first kappa shape index (κ1) is 32.4. The van der Waals surface area contributed by atoms with Gasteiger partial charge < -0.3 is 10.6 Å². The summed E-state index contributed by atoms with van der Waals surface area (Å²) in [6.45, 7) is 20.8. The highest BCUT2D eigenvalue weighted by molar-refractivity contribution is 7.16. The zero-order valence-electron chi connectivity index (χ0n) is 28.0. The van der Waals surface area contributed by atoms with Crippen molar-refractivity contribution in [3.63, 3.8) is 0 Å². The van der Waals surface area contributed by atoms with Crippen LogP contribution in [0.15, 0.2) is 35.1 Å². The van der Waals surface area contributed by atoms with E-state index in [-0.39, 0.29) is 11.3 Å². The third-order valence-electron chi connectivity index (χ3n) is 9.90. The molecular formula is C37H52N6S. The van der Waals surface area contributed by atoms with E-state index in [1.54, 1.807) is 11.3 Å². The zero-order chi connectivity index (χ0) is 31.8. The van der Waals surface area contributed by atoms with Crippen LogP contribution in [0.4, 0.5) is 5.00 Å². The third kappa shape index (κ3) is 6.25. The van der Waals surface area contributed by atoms with Crippen LogP contribution in [0, 0.1) is 28.6 Å². The van der Waals surface area contributed by atoms with E-state index in [0.717, 1.165) is 86.0 Å². The Balaban J connectivity index is 0.00000188. The van der Waals surface area contributed by atoms with Crippen LogP contribution in [0.25, 0.3) is 5.57 Å². The van der Waals surface area contributed by atoms with Gasteiger partial charge in [0.15, 0.2) is 0 Å². The molecule has 6 rings (SSSR count). The molecule has 236 valence electrons. The van der Waals surface area contributed by atoms with Gasteiger partial charge in [-0.3, -0.25) is 4.99 Å². The van der Waals surface area contributed by atoms with Gasteiger partial charge in [0.05, 0.1) is 17.8 Å². The van der Waals surface area contributed by atoms with E-state index in [9.17, 15) is 5.26 Å². The molecule has 2 aliphatic heterocycles. The number of rotatable bonds is 9. The maximum atomic E-state index is 9.91. The van der Waals surface area contributed by atoms with E-state index < -0.39 is 0 Å². The number of aliphatic imine (C=N–C) groups is 1. The second kappa shape index (κ2) is 13.2. The molecule has 0 bridgehead atoms. The monoisotopic (exact) mass is 612 g/mol. The van der Waals surface area contributed by atoms with Crippen molar-refractivity contribution in [3.05, 3.63) is 57.6 Å². The first-order valence-corrected chi connectivity index (χ1v) is 17.8. The molecule has 2 fully saturated rings. The number of nitrogens with two attached hydrogens (primary N) is 1. The normalized spacial score (nSPS) is 25.5. The van der Waals surface area contributed by atoms with Crippen molar-refractivity contribution in [2.24, 2.45) is 22.2 Å². The Morgan fingerprint density at radius 1 is 1.25 bits per heavy atom. The van der Waals surface area contributed by atoms with Gasteiger partial charge in [0.25, 0.3) is 0 Å². The number of nitrogens with zero attached hydrogens (tertiary/aromatic N) is 5. The third-order valence-corrected chi connectivity index (χ3v) is 11.0. The molecule has 1 saturated heterocycles. The van der Waals surface area contributed by atoms with Gasteiger partial charge in [-0.2, -0.15) is 5.26 Å². The smallest absolute Gasteiger partial charge is 0.129 e. The van der Waals surface area contributed by atoms with Gasteiger partial charge in [-0.15, -0.1) is 11.3 Å². The first-order valence-electron chi connectivity index (χ1n) is 17.0. The molecule has 4 heterocycles. The lowest BCUT2D eigenvalue weighted by Gasteiger charge is -2.35. The molecule has 6 nitrogen and oxygen atoms in total. The molecule has 2 N–H and O–H groups in total. The number of nitrogen functional groups attached to an aromatic ring is 1. The number of piperidine rings is 1. The number of allylic oxidation sites excluding steroid dienone is 2. The molecular weight excluding hydrogens is 561 g/mol. The van der Waals surface area contributed by atoms with Crippen LogP contribution in [-0.4, -0.2) is 39.2 Å². The molecule has 2 aliphatic carbocycles. The molecule has 0 spiro atoms. The molecule has 0 amide bonds. The summed E-state index contributed by atoms with van der Waals surface area (Å²) in [5.41, 5.74) is 14.4. The zero-order valence-corrected chi connectivity index (χ0v) is 28.9. The Hall–Kier alpha value is -2.98. The summed E-state index contributed by atoms with van der Waals surface area (Å²) in [4.78, 5) is 18.9. The van der Waals surface area contributed by atoms with E-state index >= 15 is 0 Å². The highest BCUT2D eigenvalue weighted by Crippen LogP contribution is 2.56. The predicted octanol–water partition coefficient (Wildman–Crippen LogP) is 8.74. The number of likely N-dealkylation sites (tertiary alicyclic amines) is 1. The molecule has 7 heteroatoms. The van der Waals surface area contributed by atoms with Gasteiger partial charge in [-0.25, -0.2) is 9.97 Å². The van der Waals surface area contributed by atoms with Crippen molar-refractivity contribution in [3.8, 4) is 6.07 Å². The molecule has 2 aromatic heterocycles. The second-order valence-corrected chi connectivity index (χ2v) is 15.3. The highest BCUT2D eigenvalue weighted by atomic mass is 32.1. The van der Waals surface area contributed by atoms with Crippen molar-refractivity contribution >= 4 is 27.6 Å². The average Bonchev–Trinajstić information content (AvgIpc) is 3.36. The molecule has 2 aromatic rings. The van der Waals surface area contributed by atoms with Gasteiger partial charge >= 0.3 is 0 Å². The van der Waals surface area contributed by atoms with Crippen molar-refractivity contribution in [2.75, 3.05) is 12.3 Å². The summed E-state index contributed by atoms with van der Waals surface area (Å²) in [7, 11) is 0. The van der Waals surface area contributed by atoms with Gasteiger partial charge in [-0.05, 0) is 79.4 Å². The minimum atomic E-state index is 0.153. The largest absolute Gasteiger partial charge is 0.389 e. The van der Waals surface area contributed by atoms with E-state index in [4.69, 9.17) is 20.7 Å². The highest BCUT2D eigenvalue weighted by Gasteiger charge is 2.58. The number of aromatic nitrogens is 2. The number of anilines is 1. The Labute approximate surface area is 269 Å². The Morgan fingerprint density at radius 3 is 2.73 bits per heavy atom. The first-order chi connectivity index (χ1) is 21.1. The van der Waals surface area contributed by atoms with Crippen LogP contribution in [0.3, 0.4) is 0 Å². The molecule has 0 aromatic carbocycles. The molecule has 3 unspecified atom stereocenters. The van der Waals surface area contributed by atoms with Crippen LogP contribution >= 0.6 is 11.3 Å². The lowest BCUT2D eigenvalue weighted by molar-refractivity contribution is 0.220. The number of thiophene rings is 1. The Kier molecular flexibility index (Phi) is 9.70. The van der Waals surface area contributed by atoms with Crippen LogP contribution < -0.4 is 5.73 Å². The summed E-state index contributed by atoms with van der Waals surface area (Å²) in [5, 5.41) is 10.6. The number of fused-ring (bicyclic) bond motifs is 2. The molecule has 0 radical (unpaired) electrons. The quantitative estimate of drug-likeness (QED) is 0.306. The summed E-state index contributed by atoms with van der Waals surface area (Å²) >= 11 is 1.60. The van der Waals surface area contributed by atoms with Crippen molar-refractivity contribution in [1.29, 1.82) is 5.26 Å². The fourth-order valence-corrected chi connectivity index (χ4v) is 9.20. The second-order valence-electron chi connectivity index (χ2n) is 14.2. The molecule has 5 atom stereocenters. The van der Waals surface area contributed by atoms with Crippen LogP contribution in [-0.2, 0) is 12.8 Å². The minimum absolute atomic E-state index is 0.153. The topological polar surface area (TPSA) is 91.2 Å². The summed E-state index contributed by atoms with van der Waals surface area (Å²) in [6, 6.07) is 5.67. The standard InChI is InChI=1S/C35H46N6S.C2H6/c1-7-9-23-27(19-39-32(23)24-10-8-11-29-31(24)26(18-36)34(37)42-29)28-14-15-38-30(40-28)13-12-22-16-25-21(3)33(25)41(22)20(2)17-35(4,5)6;1-2/h14-15,21-22,24-25,33H,2,7-13,16-17,19,37H2,1,3-6H3;1-2H3/t21?,22-,24+,25?,33?;/m1./s1. The Bertz CT molecular complexity index is 1480. The lowest BCUT2D eigenvalue weighted by Crippen LogP contribution is -2.35. The maximum absolute atomic E-state index is 9.91. The van der Waals surface area contributed by atoms with Crippen LogP contribution in [0.1, 0.15) is 127 Å². The average molecular weight is 613 g/mol. The number of hydrogen-bond donors (Lipinski definition) is 1. The molecule has 1 saturated carbocycles. The van der Waals surface area contributed by atoms with Gasteiger partial charge in [-0.1, -0.05) is 61.5 Å². The summed E-state index contributed by atoms with van der Waals surface area (Å²) < 4.78 is 0. The molecule has 4 aliphatic rings. The molecule has 44 heavy (non-hydrogen) atoms. The van der Waals surface area contributed by atoms with Crippen molar-refractivity contribution < 1.29 is 0 Å². The van der Waals surface area contributed by atoms with Crippen molar-refractivity contribution in [1.82, 2.24) is 14.9 Å². The predicted molar refractivity (Wildman–Crippen MR) is 185 cm³/mol. The number of hydrogen-bond acceptors (Lipinski definition) is 7. The van der Waals surface area contributed by atoms with E-state index in [1.807, 2.05) is 20.0 Å². The fraction of sp³-hybridized carbons (Fsp3) is 0.622. The van der Waals surface area contributed by atoms with Crippen LogP contribution in [0.5, 0.6) is 0 Å². The van der Waals surface area contributed by atoms with Crippen LogP contribution in [0.2, 0.25) is 0 Å². The van der Waals surface area contributed by atoms with Gasteiger partial charge in [0, 0.05) is 52.5 Å². The van der Waals surface area contributed by atoms with E-state index in [1.165, 1.54) is 28.1 Å². The summed E-state index contributed by atoms with van der Waals surface area (Å²) in [6.07, 6.45) is 11.3. The van der Waals surface area contributed by atoms with E-state index in [0.29, 0.717) is 29.2 Å². The van der Waals surface area contributed by atoms with Gasteiger partial charge in [0.1, 0.15) is 16.9 Å².